The number of aromatic nitrogens is 5. The molecule has 2 aromatic heterocycles. The molecular weight excluding hydrogens is 254 g/mol. The summed E-state index contributed by atoms with van der Waals surface area (Å²) in [5.74, 6) is 2.17. The maximum absolute atomic E-state index is 5.20. The van der Waals surface area contributed by atoms with E-state index in [0.717, 1.165) is 5.69 Å². The molecule has 0 atom stereocenters. The second-order valence-electron chi connectivity index (χ2n) is 5.88. The molecule has 0 spiro atoms. The fourth-order valence-electron chi connectivity index (χ4n) is 2.69. The van der Waals surface area contributed by atoms with Gasteiger partial charge in [-0.2, -0.15) is 4.98 Å². The van der Waals surface area contributed by atoms with Crippen molar-refractivity contribution >= 4 is 0 Å². The lowest BCUT2D eigenvalue weighted by Gasteiger charge is -2.18. The van der Waals surface area contributed by atoms with Crippen molar-refractivity contribution in [2.24, 2.45) is 0 Å². The molecule has 108 valence electrons. The minimum Gasteiger partial charge on any atom is -0.339 e. The summed E-state index contributed by atoms with van der Waals surface area (Å²) < 4.78 is 7.00. The highest BCUT2D eigenvalue weighted by molar-refractivity contribution is 5.03. The molecule has 0 unspecified atom stereocenters. The van der Waals surface area contributed by atoms with Crippen LogP contribution in [0.3, 0.4) is 0 Å². The van der Waals surface area contributed by atoms with Crippen molar-refractivity contribution in [2.75, 3.05) is 0 Å². The average Bonchev–Trinajstić information content (AvgIpc) is 3.10. The fourth-order valence-corrected chi connectivity index (χ4v) is 2.69. The first kappa shape index (κ1) is 13.3. The van der Waals surface area contributed by atoms with Crippen LogP contribution in [-0.2, 0) is 6.54 Å². The Morgan fingerprint density at radius 3 is 2.80 bits per heavy atom. The first-order valence-corrected chi connectivity index (χ1v) is 7.45. The van der Waals surface area contributed by atoms with E-state index in [1.807, 2.05) is 20.0 Å². The van der Waals surface area contributed by atoms with Gasteiger partial charge in [0.2, 0.25) is 5.89 Å². The van der Waals surface area contributed by atoms with Crippen LogP contribution >= 0.6 is 0 Å². The highest BCUT2D eigenvalue weighted by atomic mass is 16.5. The van der Waals surface area contributed by atoms with Crippen LogP contribution in [0.15, 0.2) is 10.7 Å². The van der Waals surface area contributed by atoms with Gasteiger partial charge in [-0.15, -0.1) is 5.10 Å². The van der Waals surface area contributed by atoms with Gasteiger partial charge < -0.3 is 4.52 Å². The Morgan fingerprint density at radius 2 is 2.10 bits per heavy atom. The second kappa shape index (κ2) is 5.73. The summed E-state index contributed by atoms with van der Waals surface area (Å²) in [6, 6.07) is 0. The largest absolute Gasteiger partial charge is 0.339 e. The van der Waals surface area contributed by atoms with Crippen LogP contribution < -0.4 is 0 Å². The lowest BCUT2D eigenvalue weighted by atomic mass is 9.87. The van der Waals surface area contributed by atoms with E-state index in [4.69, 9.17) is 4.52 Å². The van der Waals surface area contributed by atoms with Crippen molar-refractivity contribution in [3.05, 3.63) is 23.6 Å². The zero-order valence-corrected chi connectivity index (χ0v) is 12.1. The SMILES string of the molecule is CC(C)c1nc(Cn2cc(C3CCCCC3)nn2)no1. The van der Waals surface area contributed by atoms with Gasteiger partial charge in [0.25, 0.3) is 0 Å². The third-order valence-electron chi connectivity index (χ3n) is 3.86. The highest BCUT2D eigenvalue weighted by Crippen LogP contribution is 2.31. The Kier molecular flexibility index (Phi) is 3.80. The molecule has 6 nitrogen and oxygen atoms in total. The van der Waals surface area contributed by atoms with Crippen LogP contribution in [0.1, 0.15) is 75.2 Å². The zero-order valence-electron chi connectivity index (χ0n) is 12.1. The van der Waals surface area contributed by atoms with Gasteiger partial charge in [0, 0.05) is 18.0 Å². The summed E-state index contributed by atoms with van der Waals surface area (Å²) in [6.45, 7) is 4.60. The number of hydrogen-bond donors (Lipinski definition) is 0. The van der Waals surface area contributed by atoms with E-state index in [1.165, 1.54) is 32.1 Å². The maximum Gasteiger partial charge on any atom is 0.229 e. The third kappa shape index (κ3) is 2.89. The molecule has 1 aliphatic carbocycles. The molecule has 3 rings (SSSR count). The molecule has 0 saturated heterocycles. The molecule has 0 aromatic carbocycles. The van der Waals surface area contributed by atoms with Crippen molar-refractivity contribution < 1.29 is 4.52 Å². The minimum atomic E-state index is 0.254. The van der Waals surface area contributed by atoms with Crippen LogP contribution in [0.4, 0.5) is 0 Å². The summed E-state index contributed by atoms with van der Waals surface area (Å²) >= 11 is 0. The van der Waals surface area contributed by atoms with Gasteiger partial charge in [-0.1, -0.05) is 43.5 Å². The monoisotopic (exact) mass is 275 g/mol. The van der Waals surface area contributed by atoms with E-state index in [2.05, 4.69) is 20.5 Å². The molecule has 2 aromatic rings. The number of hydrogen-bond acceptors (Lipinski definition) is 5. The van der Waals surface area contributed by atoms with Crippen molar-refractivity contribution in [1.29, 1.82) is 0 Å². The summed E-state index contributed by atoms with van der Waals surface area (Å²) in [7, 11) is 0. The van der Waals surface area contributed by atoms with Gasteiger partial charge in [-0.25, -0.2) is 4.68 Å². The Hall–Kier alpha value is -1.72. The fraction of sp³-hybridized carbons (Fsp3) is 0.714. The van der Waals surface area contributed by atoms with Gasteiger partial charge in [0.15, 0.2) is 5.82 Å². The minimum absolute atomic E-state index is 0.254. The van der Waals surface area contributed by atoms with Gasteiger partial charge in [0.1, 0.15) is 6.54 Å². The molecule has 6 heteroatoms. The Balaban J connectivity index is 1.66. The highest BCUT2D eigenvalue weighted by Gasteiger charge is 2.19. The normalized spacial score (nSPS) is 16.9. The summed E-state index contributed by atoms with van der Waals surface area (Å²) in [5.41, 5.74) is 1.11. The van der Waals surface area contributed by atoms with Crippen molar-refractivity contribution in [1.82, 2.24) is 25.1 Å². The number of rotatable bonds is 4. The molecule has 0 amide bonds. The molecule has 0 bridgehead atoms. The maximum atomic E-state index is 5.20. The van der Waals surface area contributed by atoms with Gasteiger partial charge in [-0.05, 0) is 12.8 Å². The van der Waals surface area contributed by atoms with Gasteiger partial charge in [0.05, 0.1) is 5.69 Å². The molecule has 1 fully saturated rings. The first-order chi connectivity index (χ1) is 9.72. The van der Waals surface area contributed by atoms with E-state index in [1.54, 1.807) is 4.68 Å². The summed E-state index contributed by atoms with van der Waals surface area (Å²) in [5, 5.41) is 12.5. The van der Waals surface area contributed by atoms with E-state index in [9.17, 15) is 0 Å². The van der Waals surface area contributed by atoms with Crippen LogP contribution in [0.25, 0.3) is 0 Å². The van der Waals surface area contributed by atoms with Crippen LogP contribution in [0.2, 0.25) is 0 Å². The Bertz CT molecular complexity index is 553. The molecule has 20 heavy (non-hydrogen) atoms. The number of nitrogens with zero attached hydrogens (tertiary/aromatic N) is 5. The van der Waals surface area contributed by atoms with Gasteiger partial charge in [-0.3, -0.25) is 0 Å². The second-order valence-corrected chi connectivity index (χ2v) is 5.88. The van der Waals surface area contributed by atoms with Crippen molar-refractivity contribution in [3.8, 4) is 0 Å². The van der Waals surface area contributed by atoms with Crippen LogP contribution in [-0.4, -0.2) is 25.1 Å². The van der Waals surface area contributed by atoms with E-state index in [0.29, 0.717) is 24.2 Å². The van der Waals surface area contributed by atoms with Crippen molar-refractivity contribution in [2.45, 2.75) is 64.3 Å². The van der Waals surface area contributed by atoms with E-state index in [-0.39, 0.29) is 5.92 Å². The van der Waals surface area contributed by atoms with E-state index >= 15 is 0 Å². The topological polar surface area (TPSA) is 69.6 Å². The summed E-state index contributed by atoms with van der Waals surface area (Å²) in [6.07, 6.45) is 8.46. The van der Waals surface area contributed by atoms with E-state index < -0.39 is 0 Å². The smallest absolute Gasteiger partial charge is 0.229 e. The molecule has 2 heterocycles. The van der Waals surface area contributed by atoms with Crippen molar-refractivity contribution in [3.63, 3.8) is 0 Å². The Labute approximate surface area is 118 Å². The lowest BCUT2D eigenvalue weighted by Crippen LogP contribution is -2.05. The molecule has 1 aliphatic rings. The standard InChI is InChI=1S/C14H21N5O/c1-10(2)14-15-13(17-20-14)9-19-8-12(16-18-19)11-6-4-3-5-7-11/h8,10-11H,3-7,9H2,1-2H3. The zero-order chi connectivity index (χ0) is 13.9. The summed E-state index contributed by atoms with van der Waals surface area (Å²) in [4.78, 5) is 4.36. The molecule has 1 saturated carbocycles. The quantitative estimate of drug-likeness (QED) is 0.858. The molecule has 0 aliphatic heterocycles. The van der Waals surface area contributed by atoms with Crippen LogP contribution in [0.5, 0.6) is 0 Å². The molecular formula is C14H21N5O. The first-order valence-electron chi connectivity index (χ1n) is 7.45. The van der Waals surface area contributed by atoms with Crippen LogP contribution in [0, 0.1) is 0 Å². The van der Waals surface area contributed by atoms with Gasteiger partial charge >= 0.3 is 0 Å². The molecule has 0 radical (unpaired) electrons. The molecule has 0 N–H and O–H groups in total. The third-order valence-corrected chi connectivity index (χ3v) is 3.86. The Morgan fingerprint density at radius 1 is 1.30 bits per heavy atom. The average molecular weight is 275 g/mol. The predicted octanol–water partition coefficient (Wildman–Crippen LogP) is 2.88. The lowest BCUT2D eigenvalue weighted by molar-refractivity contribution is 0.359. The predicted molar refractivity (Wildman–Crippen MR) is 73.3 cm³/mol.